The summed E-state index contributed by atoms with van der Waals surface area (Å²) in [5.74, 6) is 0.512. The van der Waals surface area contributed by atoms with Gasteiger partial charge in [0.15, 0.2) is 0 Å². The van der Waals surface area contributed by atoms with E-state index in [1.165, 1.54) is 0 Å². The van der Waals surface area contributed by atoms with Gasteiger partial charge in [0.1, 0.15) is 6.10 Å². The van der Waals surface area contributed by atoms with Crippen molar-refractivity contribution in [3.05, 3.63) is 59.8 Å². The first-order valence-electron chi connectivity index (χ1n) is 7.13. The zero-order chi connectivity index (χ0) is 15.4. The molecule has 5 heteroatoms. The van der Waals surface area contributed by atoms with Crippen LogP contribution < -0.4 is 4.74 Å². The number of amides is 1. The van der Waals surface area contributed by atoms with E-state index in [9.17, 15) is 4.79 Å². The van der Waals surface area contributed by atoms with Crippen LogP contribution in [0, 0.1) is 11.3 Å². The van der Waals surface area contributed by atoms with Crippen LogP contribution >= 0.6 is 0 Å². The van der Waals surface area contributed by atoms with Gasteiger partial charge in [0.05, 0.1) is 18.2 Å². The summed E-state index contributed by atoms with van der Waals surface area (Å²) in [5, 5.41) is 8.91. The highest BCUT2D eigenvalue weighted by Gasteiger charge is 2.28. The second kappa shape index (κ2) is 6.27. The van der Waals surface area contributed by atoms with Crippen LogP contribution in [-0.2, 0) is 0 Å². The number of pyridine rings is 1. The number of carbonyl (C=O) groups excluding carboxylic acids is 1. The van der Waals surface area contributed by atoms with E-state index in [-0.39, 0.29) is 12.0 Å². The first-order chi connectivity index (χ1) is 10.8. The molecule has 2 aromatic rings. The fraction of sp³-hybridized carbons (Fsp3) is 0.235. The Hall–Kier alpha value is -2.87. The van der Waals surface area contributed by atoms with E-state index >= 15 is 0 Å². The number of aromatic nitrogens is 1. The molecule has 2 heterocycles. The van der Waals surface area contributed by atoms with Crippen LogP contribution in [0.4, 0.5) is 0 Å². The van der Waals surface area contributed by atoms with Gasteiger partial charge in [-0.2, -0.15) is 5.26 Å². The quantitative estimate of drug-likeness (QED) is 0.870. The van der Waals surface area contributed by atoms with Crippen LogP contribution in [0.25, 0.3) is 0 Å². The number of rotatable bonds is 3. The molecule has 1 saturated heterocycles. The topological polar surface area (TPSA) is 66.2 Å². The number of nitriles is 1. The lowest BCUT2D eigenvalue weighted by molar-refractivity contribution is 0.0771. The largest absolute Gasteiger partial charge is 0.472 e. The van der Waals surface area contributed by atoms with E-state index < -0.39 is 0 Å². The molecular weight excluding hydrogens is 278 g/mol. The molecule has 1 aliphatic heterocycles. The molecule has 110 valence electrons. The van der Waals surface area contributed by atoms with Gasteiger partial charge >= 0.3 is 0 Å². The van der Waals surface area contributed by atoms with E-state index in [1.54, 1.807) is 41.4 Å². The smallest absolute Gasteiger partial charge is 0.254 e. The molecule has 0 spiro atoms. The lowest BCUT2D eigenvalue weighted by Crippen LogP contribution is -2.31. The minimum atomic E-state index is -0.0655. The van der Waals surface area contributed by atoms with E-state index in [1.807, 2.05) is 12.1 Å². The maximum Gasteiger partial charge on any atom is 0.254 e. The summed E-state index contributed by atoms with van der Waals surface area (Å²) < 4.78 is 5.78. The molecule has 1 aromatic carbocycles. The highest BCUT2D eigenvalue weighted by atomic mass is 16.5. The van der Waals surface area contributed by atoms with Gasteiger partial charge in [0.2, 0.25) is 5.88 Å². The van der Waals surface area contributed by atoms with Crippen LogP contribution in [0.5, 0.6) is 5.88 Å². The maximum absolute atomic E-state index is 12.5. The Labute approximate surface area is 128 Å². The second-order valence-corrected chi connectivity index (χ2v) is 5.14. The normalized spacial score (nSPS) is 17.0. The Balaban J connectivity index is 1.64. The minimum Gasteiger partial charge on any atom is -0.472 e. The summed E-state index contributed by atoms with van der Waals surface area (Å²) in [4.78, 5) is 18.3. The summed E-state index contributed by atoms with van der Waals surface area (Å²) in [6.45, 7) is 1.18. The molecule has 1 aliphatic rings. The fourth-order valence-electron chi connectivity index (χ4n) is 2.50. The Kier molecular flexibility index (Phi) is 4.01. The molecule has 0 saturated carbocycles. The van der Waals surface area contributed by atoms with Gasteiger partial charge in [-0.25, -0.2) is 4.98 Å². The van der Waals surface area contributed by atoms with E-state index in [2.05, 4.69) is 11.1 Å². The number of benzene rings is 1. The molecule has 1 aromatic heterocycles. The maximum atomic E-state index is 12.5. The van der Waals surface area contributed by atoms with Crippen molar-refractivity contribution in [1.29, 1.82) is 5.26 Å². The van der Waals surface area contributed by atoms with Crippen LogP contribution in [0.2, 0.25) is 0 Å². The lowest BCUT2D eigenvalue weighted by atomic mass is 10.1. The number of ether oxygens (including phenoxy) is 1. The van der Waals surface area contributed by atoms with E-state index in [4.69, 9.17) is 10.00 Å². The molecule has 1 atom stereocenters. The standard InChI is InChI=1S/C17H15N3O2/c18-11-13-4-3-5-14(10-13)17(21)20-9-7-15(12-20)22-16-6-1-2-8-19-16/h1-6,8,10,15H,7,9,12H2. The number of likely N-dealkylation sites (tertiary alicyclic amines) is 1. The van der Waals surface area contributed by atoms with Crippen LogP contribution in [0.1, 0.15) is 22.3 Å². The zero-order valence-corrected chi connectivity index (χ0v) is 12.0. The predicted octanol–water partition coefficient (Wildman–Crippen LogP) is 2.25. The monoisotopic (exact) mass is 293 g/mol. The van der Waals surface area contributed by atoms with Crippen LogP contribution in [0.15, 0.2) is 48.7 Å². The van der Waals surface area contributed by atoms with Crippen molar-refractivity contribution in [3.63, 3.8) is 0 Å². The molecule has 5 nitrogen and oxygen atoms in total. The molecular formula is C17H15N3O2. The highest BCUT2D eigenvalue weighted by Crippen LogP contribution is 2.18. The molecule has 1 amide bonds. The average Bonchev–Trinajstić information content (AvgIpc) is 3.03. The van der Waals surface area contributed by atoms with E-state index in [0.717, 1.165) is 6.42 Å². The second-order valence-electron chi connectivity index (χ2n) is 5.14. The summed E-state index contributed by atoms with van der Waals surface area (Å²) >= 11 is 0. The third-order valence-electron chi connectivity index (χ3n) is 3.60. The molecule has 22 heavy (non-hydrogen) atoms. The van der Waals surface area contributed by atoms with Gasteiger partial charge in [0.25, 0.3) is 5.91 Å². The van der Waals surface area contributed by atoms with Crippen molar-refractivity contribution in [3.8, 4) is 11.9 Å². The molecule has 1 unspecified atom stereocenters. The predicted molar refractivity (Wildman–Crippen MR) is 80.3 cm³/mol. The summed E-state index contributed by atoms with van der Waals surface area (Å²) in [6, 6.07) is 14.3. The number of hydrogen-bond donors (Lipinski definition) is 0. The highest BCUT2D eigenvalue weighted by molar-refractivity contribution is 5.94. The van der Waals surface area contributed by atoms with Gasteiger partial charge < -0.3 is 9.64 Å². The molecule has 0 aliphatic carbocycles. The van der Waals surface area contributed by atoms with Crippen molar-refractivity contribution < 1.29 is 9.53 Å². The third kappa shape index (κ3) is 3.07. The van der Waals surface area contributed by atoms with Gasteiger partial charge in [-0.15, -0.1) is 0 Å². The van der Waals surface area contributed by atoms with Crippen molar-refractivity contribution in [2.24, 2.45) is 0 Å². The first kappa shape index (κ1) is 14.1. The van der Waals surface area contributed by atoms with Gasteiger partial charge in [-0.1, -0.05) is 12.1 Å². The summed E-state index contributed by atoms with van der Waals surface area (Å²) in [7, 11) is 0. The van der Waals surface area contributed by atoms with Crippen molar-refractivity contribution in [1.82, 2.24) is 9.88 Å². The minimum absolute atomic E-state index is 0.0435. The van der Waals surface area contributed by atoms with Crippen LogP contribution in [-0.4, -0.2) is 35.0 Å². The summed E-state index contributed by atoms with van der Waals surface area (Å²) in [5.41, 5.74) is 1.03. The Morgan fingerprint density at radius 3 is 3.00 bits per heavy atom. The van der Waals surface area contributed by atoms with Crippen molar-refractivity contribution >= 4 is 5.91 Å². The number of carbonyl (C=O) groups is 1. The third-order valence-corrected chi connectivity index (χ3v) is 3.60. The lowest BCUT2D eigenvalue weighted by Gasteiger charge is -2.17. The molecule has 1 fully saturated rings. The van der Waals surface area contributed by atoms with Crippen LogP contribution in [0.3, 0.4) is 0 Å². The SMILES string of the molecule is N#Cc1cccc(C(=O)N2CCC(Oc3ccccn3)C2)c1. The number of hydrogen-bond acceptors (Lipinski definition) is 4. The molecule has 0 radical (unpaired) electrons. The van der Waals surface area contributed by atoms with Crippen molar-refractivity contribution in [2.75, 3.05) is 13.1 Å². The van der Waals surface area contributed by atoms with E-state index in [0.29, 0.717) is 30.1 Å². The Bertz CT molecular complexity index is 709. The fourth-order valence-corrected chi connectivity index (χ4v) is 2.50. The average molecular weight is 293 g/mol. The Morgan fingerprint density at radius 1 is 1.32 bits per heavy atom. The first-order valence-corrected chi connectivity index (χ1v) is 7.13. The molecule has 0 N–H and O–H groups in total. The van der Waals surface area contributed by atoms with Crippen molar-refractivity contribution in [2.45, 2.75) is 12.5 Å². The van der Waals surface area contributed by atoms with Gasteiger partial charge in [-0.05, 0) is 24.3 Å². The molecule has 3 rings (SSSR count). The Morgan fingerprint density at radius 2 is 2.23 bits per heavy atom. The van der Waals surface area contributed by atoms with Gasteiger partial charge in [-0.3, -0.25) is 4.79 Å². The summed E-state index contributed by atoms with van der Waals surface area (Å²) in [6.07, 6.45) is 2.42. The molecule has 0 bridgehead atoms. The number of nitrogens with zero attached hydrogens (tertiary/aromatic N) is 3. The zero-order valence-electron chi connectivity index (χ0n) is 12.0. The van der Waals surface area contributed by atoms with Gasteiger partial charge in [0, 0.05) is 30.8 Å².